The number of aliphatic hydroxyl groups excluding tert-OH is 1. The Morgan fingerprint density at radius 3 is 1.97 bits per heavy atom. The molecule has 3 rings (SSSR count). The third-order valence-electron chi connectivity index (χ3n) is 10.2. The number of likely N-dealkylation sites (tertiary alicyclic amines) is 1. The number of nitrogens with zero attached hydrogens (tertiary/aromatic N) is 1. The van der Waals surface area contributed by atoms with Gasteiger partial charge < -0.3 is 20.6 Å². The minimum Gasteiger partial charge on any atom is -0.395 e. The van der Waals surface area contributed by atoms with Crippen molar-refractivity contribution in [2.45, 2.75) is 117 Å². The Hall–Kier alpha value is 0.130. The number of rotatable bonds is 12. The summed E-state index contributed by atoms with van der Waals surface area (Å²) in [5, 5.41) is 17.8. The van der Waals surface area contributed by atoms with E-state index in [4.69, 9.17) is 11.6 Å². The summed E-state index contributed by atoms with van der Waals surface area (Å²) in [7, 11) is 0. The molecule has 1 heterocycles. The smallest absolute Gasteiger partial charge is 0.0587 e. The molecule has 0 amide bonds. The van der Waals surface area contributed by atoms with Crippen LogP contribution in [0, 0.1) is 40.9 Å². The van der Waals surface area contributed by atoms with E-state index in [0.717, 1.165) is 36.8 Å². The van der Waals surface area contributed by atoms with Gasteiger partial charge in [0.25, 0.3) is 0 Å². The zero-order valence-corrected chi connectivity index (χ0v) is 25.3. The summed E-state index contributed by atoms with van der Waals surface area (Å²) in [6.07, 6.45) is 11.9. The number of aliphatic hydroxyl groups is 1. The molecule has 5 heteroatoms. The molecule has 0 bridgehead atoms. The summed E-state index contributed by atoms with van der Waals surface area (Å²) in [6, 6.07) is 0.805. The predicted molar refractivity (Wildman–Crippen MR) is 156 cm³/mol. The first kappa shape index (κ1) is 30.7. The average molecular weight is 526 g/mol. The van der Waals surface area contributed by atoms with E-state index >= 15 is 0 Å². The summed E-state index contributed by atoms with van der Waals surface area (Å²) in [6.45, 7) is 20.4. The molecule has 2 aliphatic carbocycles. The van der Waals surface area contributed by atoms with E-state index in [-0.39, 0.29) is 12.6 Å². The summed E-state index contributed by atoms with van der Waals surface area (Å²) >= 11 is 6.41. The second-order valence-corrected chi connectivity index (χ2v) is 14.8. The van der Waals surface area contributed by atoms with Gasteiger partial charge in [-0.15, -0.1) is 11.6 Å². The van der Waals surface area contributed by atoms with Crippen molar-refractivity contribution in [1.29, 1.82) is 0 Å². The maximum atomic E-state index is 9.65. The SMILES string of the molecule is CC(C)[C@H](CN1CCC(C2CCC(Cl)CC2)C(C)(C)C1)NCC1CCCC(CN[C@H](CO)C(C)C)C1. The lowest BCUT2D eigenvalue weighted by Crippen LogP contribution is -2.53. The Labute approximate surface area is 229 Å². The normalized spacial score (nSPS) is 33.7. The third-order valence-corrected chi connectivity index (χ3v) is 10.6. The van der Waals surface area contributed by atoms with Crippen molar-refractivity contribution in [3.05, 3.63) is 0 Å². The monoisotopic (exact) mass is 525 g/mol. The summed E-state index contributed by atoms with van der Waals surface area (Å²) < 4.78 is 0. The Bertz CT molecular complexity index is 619. The Morgan fingerprint density at radius 1 is 0.861 bits per heavy atom. The lowest BCUT2D eigenvalue weighted by Gasteiger charge is -2.49. The lowest BCUT2D eigenvalue weighted by atomic mass is 9.64. The van der Waals surface area contributed by atoms with E-state index in [0.29, 0.717) is 28.7 Å². The Kier molecular flexibility index (Phi) is 12.3. The van der Waals surface area contributed by atoms with Gasteiger partial charge in [0.05, 0.1) is 6.61 Å². The van der Waals surface area contributed by atoms with E-state index in [9.17, 15) is 5.11 Å². The molecule has 36 heavy (non-hydrogen) atoms. The number of piperidine rings is 1. The van der Waals surface area contributed by atoms with Gasteiger partial charge in [0.15, 0.2) is 0 Å². The fourth-order valence-electron chi connectivity index (χ4n) is 7.71. The van der Waals surface area contributed by atoms with E-state index in [1.807, 2.05) is 0 Å². The molecule has 4 nitrogen and oxygen atoms in total. The predicted octanol–water partition coefficient (Wildman–Crippen LogP) is 6.16. The van der Waals surface area contributed by atoms with Crippen LogP contribution in [0.4, 0.5) is 0 Å². The second kappa shape index (κ2) is 14.5. The van der Waals surface area contributed by atoms with Crippen molar-refractivity contribution in [2.75, 3.05) is 39.3 Å². The van der Waals surface area contributed by atoms with Gasteiger partial charge in [-0.05, 0) is 112 Å². The van der Waals surface area contributed by atoms with Crippen LogP contribution in [0.3, 0.4) is 0 Å². The molecule has 5 atom stereocenters. The molecule has 3 N–H and O–H groups in total. The molecule has 3 unspecified atom stereocenters. The van der Waals surface area contributed by atoms with Gasteiger partial charge in [-0.2, -0.15) is 0 Å². The topological polar surface area (TPSA) is 47.5 Å². The van der Waals surface area contributed by atoms with E-state index < -0.39 is 0 Å². The fourth-order valence-corrected chi connectivity index (χ4v) is 7.96. The molecular formula is C31H60ClN3O. The highest BCUT2D eigenvalue weighted by Gasteiger charge is 2.41. The van der Waals surface area contributed by atoms with E-state index in [2.05, 4.69) is 57.1 Å². The highest BCUT2D eigenvalue weighted by molar-refractivity contribution is 6.20. The number of alkyl halides is 1. The van der Waals surface area contributed by atoms with E-state index in [1.165, 1.54) is 77.4 Å². The summed E-state index contributed by atoms with van der Waals surface area (Å²) in [5.41, 5.74) is 0.398. The third kappa shape index (κ3) is 9.11. The standard InChI is InChI=1S/C31H60ClN3O/c1-22(2)29(33-17-24-8-7-9-25(16-24)18-34-30(20-36)23(3)4)19-35-15-14-28(31(5,6)21-35)26-10-12-27(32)13-11-26/h22-30,33-34,36H,7-21H2,1-6H3/t24?,25?,26?,27?,28?,29-,30+/m0/s1. The van der Waals surface area contributed by atoms with Gasteiger partial charge in [0.1, 0.15) is 0 Å². The number of nitrogens with one attached hydrogen (secondary N) is 2. The van der Waals surface area contributed by atoms with Gasteiger partial charge >= 0.3 is 0 Å². The molecule has 0 aromatic carbocycles. The van der Waals surface area contributed by atoms with Crippen LogP contribution in [0.15, 0.2) is 0 Å². The van der Waals surface area contributed by atoms with Crippen molar-refractivity contribution in [3.8, 4) is 0 Å². The minimum absolute atomic E-state index is 0.234. The Morgan fingerprint density at radius 2 is 1.44 bits per heavy atom. The molecule has 2 saturated carbocycles. The first-order valence-corrected chi connectivity index (χ1v) is 16.0. The number of halogens is 1. The fraction of sp³-hybridized carbons (Fsp3) is 1.00. The van der Waals surface area contributed by atoms with Crippen LogP contribution in [-0.4, -0.2) is 66.8 Å². The minimum atomic E-state index is 0.234. The molecule has 0 radical (unpaired) electrons. The van der Waals surface area contributed by atoms with Crippen LogP contribution in [-0.2, 0) is 0 Å². The van der Waals surface area contributed by atoms with Gasteiger partial charge in [-0.3, -0.25) is 0 Å². The lowest BCUT2D eigenvalue weighted by molar-refractivity contribution is 0.00453. The molecule has 1 saturated heterocycles. The largest absolute Gasteiger partial charge is 0.395 e. The zero-order chi connectivity index (χ0) is 26.3. The molecule has 3 aliphatic rings. The highest BCUT2D eigenvalue weighted by atomic mass is 35.5. The van der Waals surface area contributed by atoms with E-state index in [1.54, 1.807) is 0 Å². The van der Waals surface area contributed by atoms with Gasteiger partial charge in [0.2, 0.25) is 0 Å². The average Bonchev–Trinajstić information content (AvgIpc) is 2.82. The molecule has 3 fully saturated rings. The maximum Gasteiger partial charge on any atom is 0.0587 e. The molecule has 0 aromatic rings. The van der Waals surface area contributed by atoms with Crippen molar-refractivity contribution < 1.29 is 5.11 Å². The van der Waals surface area contributed by atoms with Crippen LogP contribution < -0.4 is 10.6 Å². The maximum absolute atomic E-state index is 9.65. The van der Waals surface area contributed by atoms with Gasteiger partial charge in [-0.1, -0.05) is 48.0 Å². The van der Waals surface area contributed by atoms with Crippen LogP contribution in [0.5, 0.6) is 0 Å². The zero-order valence-electron chi connectivity index (χ0n) is 24.6. The molecule has 1 aliphatic heterocycles. The first-order chi connectivity index (χ1) is 17.1. The Balaban J connectivity index is 1.44. The van der Waals surface area contributed by atoms with Gasteiger partial charge in [-0.25, -0.2) is 0 Å². The molecule has 212 valence electrons. The van der Waals surface area contributed by atoms with Crippen molar-refractivity contribution >= 4 is 11.6 Å². The van der Waals surface area contributed by atoms with Crippen molar-refractivity contribution in [3.63, 3.8) is 0 Å². The van der Waals surface area contributed by atoms with Crippen molar-refractivity contribution in [2.24, 2.45) is 40.9 Å². The highest BCUT2D eigenvalue weighted by Crippen LogP contribution is 2.45. The summed E-state index contributed by atoms with van der Waals surface area (Å²) in [5.74, 6) is 4.43. The van der Waals surface area contributed by atoms with Crippen LogP contribution in [0.2, 0.25) is 0 Å². The molecule has 0 spiro atoms. The van der Waals surface area contributed by atoms with Crippen LogP contribution >= 0.6 is 11.6 Å². The number of hydrogen-bond acceptors (Lipinski definition) is 4. The molecular weight excluding hydrogens is 466 g/mol. The quantitative estimate of drug-likeness (QED) is 0.267. The first-order valence-electron chi connectivity index (χ1n) is 15.5. The van der Waals surface area contributed by atoms with Crippen molar-refractivity contribution in [1.82, 2.24) is 15.5 Å². The molecule has 0 aromatic heterocycles. The summed E-state index contributed by atoms with van der Waals surface area (Å²) in [4.78, 5) is 2.77. The van der Waals surface area contributed by atoms with Crippen LogP contribution in [0.1, 0.15) is 99.3 Å². The number of hydrogen-bond donors (Lipinski definition) is 3. The second-order valence-electron chi connectivity index (χ2n) is 14.2. The van der Waals surface area contributed by atoms with Gasteiger partial charge in [0, 0.05) is 30.6 Å². The van der Waals surface area contributed by atoms with Crippen LogP contribution in [0.25, 0.3) is 0 Å².